The molecule has 0 bridgehead atoms. The summed E-state index contributed by atoms with van der Waals surface area (Å²) >= 11 is 0. The van der Waals surface area contributed by atoms with Gasteiger partial charge < -0.3 is 9.88 Å². The molecule has 0 saturated carbocycles. The fourth-order valence-electron chi connectivity index (χ4n) is 4.87. The van der Waals surface area contributed by atoms with Gasteiger partial charge in [0, 0.05) is 39.3 Å². The quantitative estimate of drug-likeness (QED) is 0.460. The molecule has 1 aliphatic heterocycles. The fraction of sp³-hybridized carbons (Fsp3) is 0.321. The van der Waals surface area contributed by atoms with Crippen LogP contribution in [0.3, 0.4) is 0 Å². The number of para-hydroxylation sites is 2. The van der Waals surface area contributed by atoms with E-state index in [1.165, 1.54) is 22.3 Å². The van der Waals surface area contributed by atoms with Gasteiger partial charge in [-0.1, -0.05) is 66.2 Å². The number of rotatable bonds is 7. The molecular formula is C28H32N4O. The Morgan fingerprint density at radius 2 is 1.48 bits per heavy atom. The minimum absolute atomic E-state index is 0.00624. The molecule has 1 aliphatic rings. The average Bonchev–Trinajstić information content (AvgIpc) is 3.16. The summed E-state index contributed by atoms with van der Waals surface area (Å²) in [5.74, 6) is 0. The molecule has 0 spiro atoms. The van der Waals surface area contributed by atoms with Crippen molar-refractivity contribution in [3.8, 4) is 11.1 Å². The van der Waals surface area contributed by atoms with Gasteiger partial charge in [-0.05, 0) is 48.7 Å². The summed E-state index contributed by atoms with van der Waals surface area (Å²) in [6.07, 6.45) is 0.984. The summed E-state index contributed by atoms with van der Waals surface area (Å²) in [6, 6.07) is 25.5. The first kappa shape index (κ1) is 21.7. The van der Waals surface area contributed by atoms with Gasteiger partial charge in [-0.25, -0.2) is 4.79 Å². The van der Waals surface area contributed by atoms with Gasteiger partial charge in [-0.3, -0.25) is 9.47 Å². The van der Waals surface area contributed by atoms with E-state index >= 15 is 0 Å². The highest BCUT2D eigenvalue weighted by Gasteiger charge is 2.18. The Labute approximate surface area is 195 Å². The smallest absolute Gasteiger partial charge is 0.306 e. The molecule has 0 atom stereocenters. The van der Waals surface area contributed by atoms with Gasteiger partial charge in [0.25, 0.3) is 0 Å². The molecule has 170 valence electrons. The summed E-state index contributed by atoms with van der Waals surface area (Å²) < 4.78 is 1.87. The van der Waals surface area contributed by atoms with Crippen molar-refractivity contribution in [2.24, 2.45) is 0 Å². The summed E-state index contributed by atoms with van der Waals surface area (Å²) in [6.45, 7) is 9.22. The molecule has 0 radical (unpaired) electrons. The van der Waals surface area contributed by atoms with Gasteiger partial charge in [-0.15, -0.1) is 0 Å². The maximum Gasteiger partial charge on any atom is 0.326 e. The van der Waals surface area contributed by atoms with E-state index in [1.807, 2.05) is 28.8 Å². The van der Waals surface area contributed by atoms with Crippen molar-refractivity contribution in [1.29, 1.82) is 0 Å². The molecule has 1 N–H and O–H groups in total. The Kier molecular flexibility index (Phi) is 6.42. The number of hydrogen-bond donors (Lipinski definition) is 1. The van der Waals surface area contributed by atoms with Gasteiger partial charge >= 0.3 is 5.69 Å². The van der Waals surface area contributed by atoms with E-state index in [0.717, 1.165) is 63.3 Å². The Balaban J connectivity index is 1.14. The lowest BCUT2D eigenvalue weighted by molar-refractivity contribution is 0.125. The summed E-state index contributed by atoms with van der Waals surface area (Å²) in [7, 11) is 0. The Hall–Kier alpha value is -3.15. The Morgan fingerprint density at radius 3 is 2.30 bits per heavy atom. The number of aromatic nitrogens is 2. The monoisotopic (exact) mass is 440 g/mol. The maximum atomic E-state index is 12.3. The molecule has 4 aromatic rings. The molecule has 0 unspecified atom stereocenters. The zero-order valence-electron chi connectivity index (χ0n) is 19.3. The zero-order chi connectivity index (χ0) is 22.6. The van der Waals surface area contributed by atoms with Crippen molar-refractivity contribution >= 4 is 11.0 Å². The number of imidazole rings is 1. The topological polar surface area (TPSA) is 44.3 Å². The van der Waals surface area contributed by atoms with Crippen LogP contribution in [0, 0.1) is 6.92 Å². The average molecular weight is 441 g/mol. The fourth-order valence-corrected chi connectivity index (χ4v) is 4.87. The predicted molar refractivity (Wildman–Crippen MR) is 136 cm³/mol. The van der Waals surface area contributed by atoms with Crippen LogP contribution in [0.2, 0.25) is 0 Å². The van der Waals surface area contributed by atoms with Crippen molar-refractivity contribution in [3.05, 3.63) is 94.4 Å². The van der Waals surface area contributed by atoms with Crippen LogP contribution in [0.25, 0.3) is 22.2 Å². The molecule has 1 saturated heterocycles. The summed E-state index contributed by atoms with van der Waals surface area (Å²) in [5, 5.41) is 0. The van der Waals surface area contributed by atoms with E-state index in [2.05, 4.69) is 70.2 Å². The lowest BCUT2D eigenvalue weighted by Gasteiger charge is -2.35. The van der Waals surface area contributed by atoms with Crippen LogP contribution >= 0.6 is 0 Å². The minimum Gasteiger partial charge on any atom is -0.306 e. The first-order chi connectivity index (χ1) is 16.2. The molecule has 1 aromatic heterocycles. The second kappa shape index (κ2) is 9.77. The first-order valence-corrected chi connectivity index (χ1v) is 11.9. The highest BCUT2D eigenvalue weighted by atomic mass is 16.1. The Bertz CT molecular complexity index is 1260. The maximum absolute atomic E-state index is 12.3. The normalized spacial score (nSPS) is 15.3. The van der Waals surface area contributed by atoms with Gasteiger partial charge in [0.15, 0.2) is 0 Å². The number of hydrogen-bond acceptors (Lipinski definition) is 3. The van der Waals surface area contributed by atoms with Crippen molar-refractivity contribution < 1.29 is 0 Å². The standard InChI is InChI=1S/C28H32N4O/c1-22-11-13-23(14-12-22)25-8-3-2-7-24(25)21-31-19-17-30(18-20-31)15-6-16-32-27-10-5-4-9-26(27)29-28(32)33/h2-5,7-14H,6,15-21H2,1H3,(H,29,33). The van der Waals surface area contributed by atoms with Crippen LogP contribution in [0.1, 0.15) is 17.5 Å². The third-order valence-corrected chi connectivity index (χ3v) is 6.78. The third-order valence-electron chi connectivity index (χ3n) is 6.78. The van der Waals surface area contributed by atoms with Gasteiger partial charge in [0.1, 0.15) is 0 Å². The molecule has 5 nitrogen and oxygen atoms in total. The van der Waals surface area contributed by atoms with Crippen LogP contribution in [0.15, 0.2) is 77.6 Å². The van der Waals surface area contributed by atoms with E-state index in [4.69, 9.17) is 0 Å². The van der Waals surface area contributed by atoms with E-state index in [1.54, 1.807) is 0 Å². The number of H-pyrrole nitrogens is 1. The lowest BCUT2D eigenvalue weighted by Crippen LogP contribution is -2.46. The molecule has 0 amide bonds. The minimum atomic E-state index is -0.00624. The molecular weight excluding hydrogens is 408 g/mol. The number of piperazine rings is 1. The number of benzene rings is 3. The van der Waals surface area contributed by atoms with Gasteiger partial charge in [0.05, 0.1) is 11.0 Å². The van der Waals surface area contributed by atoms with E-state index in [0.29, 0.717) is 0 Å². The second-order valence-corrected chi connectivity index (χ2v) is 9.09. The van der Waals surface area contributed by atoms with Gasteiger partial charge in [0.2, 0.25) is 0 Å². The molecule has 2 heterocycles. The first-order valence-electron chi connectivity index (χ1n) is 11.9. The van der Waals surface area contributed by atoms with Crippen LogP contribution in [-0.2, 0) is 13.1 Å². The van der Waals surface area contributed by atoms with E-state index in [9.17, 15) is 4.79 Å². The molecule has 3 aromatic carbocycles. The summed E-state index contributed by atoms with van der Waals surface area (Å²) in [4.78, 5) is 20.3. The highest BCUT2D eigenvalue weighted by Crippen LogP contribution is 2.25. The molecule has 1 fully saturated rings. The number of fused-ring (bicyclic) bond motifs is 1. The van der Waals surface area contributed by atoms with Crippen LogP contribution in [0.4, 0.5) is 0 Å². The predicted octanol–water partition coefficient (Wildman–Crippen LogP) is 4.51. The van der Waals surface area contributed by atoms with E-state index in [-0.39, 0.29) is 5.69 Å². The summed E-state index contributed by atoms with van der Waals surface area (Å²) in [5.41, 5.74) is 7.23. The molecule has 5 heteroatoms. The second-order valence-electron chi connectivity index (χ2n) is 9.09. The third kappa shape index (κ3) is 4.95. The molecule has 0 aliphatic carbocycles. The number of nitrogens with zero attached hydrogens (tertiary/aromatic N) is 3. The van der Waals surface area contributed by atoms with Crippen molar-refractivity contribution in [2.45, 2.75) is 26.4 Å². The van der Waals surface area contributed by atoms with Crippen LogP contribution < -0.4 is 5.69 Å². The van der Waals surface area contributed by atoms with E-state index < -0.39 is 0 Å². The highest BCUT2D eigenvalue weighted by molar-refractivity contribution is 5.74. The number of nitrogens with one attached hydrogen (secondary N) is 1. The van der Waals surface area contributed by atoms with Crippen molar-refractivity contribution in [2.75, 3.05) is 32.7 Å². The SMILES string of the molecule is Cc1ccc(-c2ccccc2CN2CCN(CCCn3c(=O)[nH]c4ccccc43)CC2)cc1. The largest absolute Gasteiger partial charge is 0.326 e. The number of aryl methyl sites for hydroxylation is 2. The van der Waals surface area contributed by atoms with Gasteiger partial charge in [-0.2, -0.15) is 0 Å². The number of aromatic amines is 1. The molecule has 33 heavy (non-hydrogen) atoms. The van der Waals surface area contributed by atoms with Crippen LogP contribution in [0.5, 0.6) is 0 Å². The van der Waals surface area contributed by atoms with Crippen LogP contribution in [-0.4, -0.2) is 52.1 Å². The van der Waals surface area contributed by atoms with Crippen molar-refractivity contribution in [1.82, 2.24) is 19.4 Å². The lowest BCUT2D eigenvalue weighted by atomic mass is 9.98. The molecule has 5 rings (SSSR count). The van der Waals surface area contributed by atoms with Crippen molar-refractivity contribution in [3.63, 3.8) is 0 Å². The zero-order valence-corrected chi connectivity index (χ0v) is 19.3. The Morgan fingerprint density at radius 1 is 0.788 bits per heavy atom.